The Morgan fingerprint density at radius 2 is 2.00 bits per heavy atom. The van der Waals surface area contributed by atoms with Crippen molar-refractivity contribution < 1.29 is 4.74 Å². The van der Waals surface area contributed by atoms with E-state index in [0.717, 1.165) is 39.1 Å². The minimum atomic E-state index is 0. The molecular weight excluding hydrogens is 246 g/mol. The SMILES string of the molecule is CCCOC1=CCN(Cc2ccccc2)CC1.Cl. The molecule has 0 bridgehead atoms. The van der Waals surface area contributed by atoms with Crippen LogP contribution in [0.5, 0.6) is 0 Å². The topological polar surface area (TPSA) is 12.5 Å². The van der Waals surface area contributed by atoms with Gasteiger partial charge in [-0.1, -0.05) is 37.3 Å². The zero-order chi connectivity index (χ0) is 11.9. The lowest BCUT2D eigenvalue weighted by molar-refractivity contribution is 0.171. The Morgan fingerprint density at radius 3 is 2.61 bits per heavy atom. The highest BCUT2D eigenvalue weighted by Crippen LogP contribution is 2.14. The van der Waals surface area contributed by atoms with Crippen LogP contribution in [0.2, 0.25) is 0 Å². The van der Waals surface area contributed by atoms with E-state index < -0.39 is 0 Å². The highest BCUT2D eigenvalue weighted by molar-refractivity contribution is 5.85. The number of benzene rings is 1. The Hall–Kier alpha value is -0.990. The molecule has 0 aromatic heterocycles. The molecule has 2 nitrogen and oxygen atoms in total. The summed E-state index contributed by atoms with van der Waals surface area (Å²) in [5, 5.41) is 0. The monoisotopic (exact) mass is 267 g/mol. The summed E-state index contributed by atoms with van der Waals surface area (Å²) < 4.78 is 5.67. The fraction of sp³-hybridized carbons (Fsp3) is 0.467. The van der Waals surface area contributed by atoms with Gasteiger partial charge in [-0.15, -0.1) is 12.4 Å². The van der Waals surface area contributed by atoms with Gasteiger partial charge < -0.3 is 4.74 Å². The lowest BCUT2D eigenvalue weighted by Gasteiger charge is -2.26. The summed E-state index contributed by atoms with van der Waals surface area (Å²) in [6.45, 7) is 6.15. The lowest BCUT2D eigenvalue weighted by Crippen LogP contribution is -2.28. The number of rotatable bonds is 5. The fourth-order valence-electron chi connectivity index (χ4n) is 2.04. The second kappa shape index (κ2) is 8.17. The average molecular weight is 268 g/mol. The molecule has 3 heteroatoms. The van der Waals surface area contributed by atoms with Gasteiger partial charge in [-0.25, -0.2) is 0 Å². The molecule has 100 valence electrons. The van der Waals surface area contributed by atoms with Crippen LogP contribution < -0.4 is 0 Å². The standard InChI is InChI=1S/C15H21NO.ClH/c1-2-12-17-15-8-10-16(11-9-15)13-14-6-4-3-5-7-14;/h3-8H,2,9-13H2,1H3;1H. The Labute approximate surface area is 116 Å². The molecule has 1 aliphatic rings. The van der Waals surface area contributed by atoms with Crippen molar-refractivity contribution in [3.63, 3.8) is 0 Å². The summed E-state index contributed by atoms with van der Waals surface area (Å²) in [5.41, 5.74) is 1.39. The van der Waals surface area contributed by atoms with Gasteiger partial charge >= 0.3 is 0 Å². The molecule has 1 heterocycles. The highest BCUT2D eigenvalue weighted by atomic mass is 35.5. The van der Waals surface area contributed by atoms with Crippen molar-refractivity contribution in [1.82, 2.24) is 4.90 Å². The van der Waals surface area contributed by atoms with Gasteiger partial charge in [0.25, 0.3) is 0 Å². The molecule has 0 saturated carbocycles. The summed E-state index contributed by atoms with van der Waals surface area (Å²) in [5.74, 6) is 1.18. The molecule has 0 N–H and O–H groups in total. The van der Waals surface area contributed by atoms with E-state index in [0.29, 0.717) is 0 Å². The molecule has 0 saturated heterocycles. The van der Waals surface area contributed by atoms with Gasteiger partial charge in [0, 0.05) is 26.1 Å². The van der Waals surface area contributed by atoms with E-state index in [1.807, 2.05) is 0 Å². The predicted molar refractivity (Wildman–Crippen MR) is 77.9 cm³/mol. The summed E-state index contributed by atoms with van der Waals surface area (Å²) in [6, 6.07) is 10.6. The van der Waals surface area contributed by atoms with Gasteiger partial charge in [-0.3, -0.25) is 4.90 Å². The molecule has 18 heavy (non-hydrogen) atoms. The molecule has 1 aromatic carbocycles. The van der Waals surface area contributed by atoms with Crippen LogP contribution in [-0.2, 0) is 11.3 Å². The van der Waals surface area contributed by atoms with Crippen LogP contribution in [0.3, 0.4) is 0 Å². The van der Waals surface area contributed by atoms with Crippen molar-refractivity contribution in [2.45, 2.75) is 26.3 Å². The first-order chi connectivity index (χ1) is 8.38. The van der Waals surface area contributed by atoms with Gasteiger partial charge in [0.05, 0.1) is 12.4 Å². The van der Waals surface area contributed by atoms with E-state index in [1.165, 1.54) is 11.3 Å². The summed E-state index contributed by atoms with van der Waals surface area (Å²) in [7, 11) is 0. The van der Waals surface area contributed by atoms with Crippen molar-refractivity contribution in [2.24, 2.45) is 0 Å². The van der Waals surface area contributed by atoms with Crippen LogP contribution in [0.15, 0.2) is 42.2 Å². The Balaban J connectivity index is 0.00000162. The molecule has 2 rings (SSSR count). The Bertz CT molecular complexity index is 364. The zero-order valence-electron chi connectivity index (χ0n) is 11.0. The maximum absolute atomic E-state index is 5.67. The normalized spacial score (nSPS) is 15.7. The number of halogens is 1. The van der Waals surface area contributed by atoms with Gasteiger partial charge in [0.1, 0.15) is 0 Å². The van der Waals surface area contributed by atoms with Crippen molar-refractivity contribution in [2.75, 3.05) is 19.7 Å². The Kier molecular flexibility index (Phi) is 6.84. The molecular formula is C15H22ClNO. The summed E-state index contributed by atoms with van der Waals surface area (Å²) >= 11 is 0. The number of nitrogens with zero attached hydrogens (tertiary/aromatic N) is 1. The van der Waals surface area contributed by atoms with E-state index in [-0.39, 0.29) is 12.4 Å². The largest absolute Gasteiger partial charge is 0.498 e. The van der Waals surface area contributed by atoms with Crippen LogP contribution in [0.25, 0.3) is 0 Å². The maximum atomic E-state index is 5.67. The zero-order valence-corrected chi connectivity index (χ0v) is 11.8. The molecule has 0 unspecified atom stereocenters. The fourth-order valence-corrected chi connectivity index (χ4v) is 2.04. The average Bonchev–Trinajstić information content (AvgIpc) is 2.39. The van der Waals surface area contributed by atoms with Gasteiger partial charge in [-0.2, -0.15) is 0 Å². The molecule has 0 atom stereocenters. The molecule has 0 aliphatic carbocycles. The van der Waals surface area contributed by atoms with E-state index in [9.17, 15) is 0 Å². The third-order valence-electron chi connectivity index (χ3n) is 2.99. The third-order valence-corrected chi connectivity index (χ3v) is 2.99. The number of ether oxygens (including phenoxy) is 1. The molecule has 0 spiro atoms. The molecule has 0 fully saturated rings. The lowest BCUT2D eigenvalue weighted by atomic mass is 10.1. The first-order valence-corrected chi connectivity index (χ1v) is 6.46. The maximum Gasteiger partial charge on any atom is 0.0945 e. The Morgan fingerprint density at radius 1 is 1.22 bits per heavy atom. The molecule has 1 aliphatic heterocycles. The second-order valence-corrected chi connectivity index (χ2v) is 4.49. The summed E-state index contributed by atoms with van der Waals surface area (Å²) in [6.07, 6.45) is 4.36. The van der Waals surface area contributed by atoms with E-state index in [4.69, 9.17) is 4.74 Å². The minimum absolute atomic E-state index is 0. The number of hydrogen-bond acceptors (Lipinski definition) is 2. The second-order valence-electron chi connectivity index (χ2n) is 4.49. The van der Waals surface area contributed by atoms with E-state index in [2.05, 4.69) is 48.2 Å². The van der Waals surface area contributed by atoms with Gasteiger partial charge in [-0.05, 0) is 18.1 Å². The van der Waals surface area contributed by atoms with Crippen molar-refractivity contribution in [3.05, 3.63) is 47.7 Å². The minimum Gasteiger partial charge on any atom is -0.498 e. The van der Waals surface area contributed by atoms with Crippen LogP contribution in [0, 0.1) is 0 Å². The smallest absolute Gasteiger partial charge is 0.0945 e. The van der Waals surface area contributed by atoms with E-state index in [1.54, 1.807) is 0 Å². The first kappa shape index (κ1) is 15.1. The summed E-state index contributed by atoms with van der Waals surface area (Å²) in [4.78, 5) is 2.45. The molecule has 0 amide bonds. The predicted octanol–water partition coefficient (Wildman–Crippen LogP) is 3.62. The van der Waals surface area contributed by atoms with Crippen LogP contribution in [-0.4, -0.2) is 24.6 Å². The third kappa shape index (κ3) is 4.71. The van der Waals surface area contributed by atoms with Crippen molar-refractivity contribution in [1.29, 1.82) is 0 Å². The van der Waals surface area contributed by atoms with Crippen molar-refractivity contribution in [3.8, 4) is 0 Å². The molecule has 0 radical (unpaired) electrons. The first-order valence-electron chi connectivity index (χ1n) is 6.46. The number of hydrogen-bond donors (Lipinski definition) is 0. The van der Waals surface area contributed by atoms with Crippen molar-refractivity contribution >= 4 is 12.4 Å². The van der Waals surface area contributed by atoms with E-state index >= 15 is 0 Å². The molecule has 1 aromatic rings. The van der Waals surface area contributed by atoms with Crippen LogP contribution in [0.4, 0.5) is 0 Å². The quantitative estimate of drug-likeness (QED) is 0.808. The van der Waals surface area contributed by atoms with Gasteiger partial charge in [0.15, 0.2) is 0 Å². The van der Waals surface area contributed by atoms with Crippen LogP contribution in [0.1, 0.15) is 25.3 Å². The van der Waals surface area contributed by atoms with Crippen LogP contribution >= 0.6 is 12.4 Å². The van der Waals surface area contributed by atoms with Gasteiger partial charge in [0.2, 0.25) is 0 Å². The highest BCUT2D eigenvalue weighted by Gasteiger charge is 2.12.